The van der Waals surface area contributed by atoms with Crippen LogP contribution in [-0.4, -0.2) is 86.6 Å². The largest absolute Gasteiger partial charge is 0.355 e. The maximum Gasteiger partial charge on any atom is 0.267 e. The zero-order valence-corrected chi connectivity index (χ0v) is 27.5. The molecule has 1 fully saturated rings. The molecule has 0 bridgehead atoms. The lowest BCUT2D eigenvalue weighted by Gasteiger charge is -2.10. The van der Waals surface area contributed by atoms with E-state index < -0.39 is 0 Å². The van der Waals surface area contributed by atoms with Gasteiger partial charge in [-0.25, -0.2) is 4.98 Å². The number of nitrogens with one attached hydrogen (secondary N) is 3. The molecule has 248 valence electrons. The van der Waals surface area contributed by atoms with Crippen molar-refractivity contribution in [1.82, 2.24) is 34.2 Å². The first kappa shape index (κ1) is 34.4. The molecule has 0 spiro atoms. The molecule has 0 radical (unpaired) electrons. The summed E-state index contributed by atoms with van der Waals surface area (Å²) in [6.07, 6.45) is 10.0. The predicted octanol–water partition coefficient (Wildman–Crippen LogP) is 2.26. The molecule has 0 aromatic carbocycles. The highest BCUT2D eigenvalue weighted by Gasteiger charge is 2.23. The molecule has 0 atom stereocenters. The number of rotatable bonds is 16. The lowest BCUT2D eigenvalue weighted by atomic mass is 10.1. The van der Waals surface area contributed by atoms with E-state index in [-0.39, 0.29) is 66.8 Å². The van der Waals surface area contributed by atoms with Crippen molar-refractivity contribution in [3.05, 3.63) is 59.2 Å². The minimum Gasteiger partial charge on any atom is -0.355 e. The smallest absolute Gasteiger partial charge is 0.267 e. The van der Waals surface area contributed by atoms with Gasteiger partial charge in [0.25, 0.3) is 5.91 Å². The monoisotopic (exact) mass is 634 g/mol. The zero-order valence-electron chi connectivity index (χ0n) is 27.5. The second-order valence-electron chi connectivity index (χ2n) is 12.4. The van der Waals surface area contributed by atoms with Crippen LogP contribution in [0.2, 0.25) is 0 Å². The van der Waals surface area contributed by atoms with Gasteiger partial charge in [-0.3, -0.25) is 24.0 Å². The van der Waals surface area contributed by atoms with Gasteiger partial charge in [0.15, 0.2) is 11.6 Å². The molecule has 1 aliphatic rings. The first-order valence-electron chi connectivity index (χ1n) is 15.8. The van der Waals surface area contributed by atoms with Gasteiger partial charge in [0.1, 0.15) is 5.69 Å². The van der Waals surface area contributed by atoms with Gasteiger partial charge in [-0.15, -0.1) is 0 Å². The maximum absolute atomic E-state index is 13.2. The summed E-state index contributed by atoms with van der Waals surface area (Å²) in [6.45, 7) is 1.70. The van der Waals surface area contributed by atoms with E-state index in [9.17, 15) is 24.0 Å². The normalized spacial score (nSPS) is 13.3. The van der Waals surface area contributed by atoms with Crippen LogP contribution in [0, 0.1) is 5.92 Å². The van der Waals surface area contributed by atoms with Gasteiger partial charge >= 0.3 is 0 Å². The molecule has 0 saturated heterocycles. The Hall–Kier alpha value is -4.52. The molecule has 13 heteroatoms. The van der Waals surface area contributed by atoms with Gasteiger partial charge in [0, 0.05) is 71.6 Å². The Morgan fingerprint density at radius 2 is 1.57 bits per heavy atom. The number of nitrogens with zero attached hydrogens (tertiary/aromatic N) is 5. The number of aromatic nitrogens is 4. The molecule has 1 saturated carbocycles. The highest BCUT2D eigenvalue weighted by atomic mass is 16.2. The number of hydrogen-bond donors (Lipinski definition) is 3. The van der Waals surface area contributed by atoms with Crippen LogP contribution in [0.25, 0.3) is 0 Å². The van der Waals surface area contributed by atoms with Gasteiger partial charge in [-0.1, -0.05) is 12.8 Å². The average Bonchev–Trinajstić information content (AvgIpc) is 3.79. The minimum absolute atomic E-state index is 0.0117. The number of anilines is 1. The molecule has 4 rings (SSSR count). The molecule has 3 amide bonds. The van der Waals surface area contributed by atoms with E-state index in [0.717, 1.165) is 38.6 Å². The molecular weight excluding hydrogens is 588 g/mol. The van der Waals surface area contributed by atoms with Gasteiger partial charge in [0.2, 0.25) is 17.6 Å². The number of amides is 3. The maximum atomic E-state index is 13.2. The van der Waals surface area contributed by atoms with Gasteiger partial charge < -0.3 is 34.6 Å². The number of Topliss-reactive ketones (excluding diaryl/α,β-unsaturated/α-hetero) is 2. The van der Waals surface area contributed by atoms with Crippen LogP contribution >= 0.6 is 0 Å². The molecule has 3 N–H and O–H groups in total. The fourth-order valence-electron chi connectivity index (χ4n) is 5.80. The summed E-state index contributed by atoms with van der Waals surface area (Å²) in [5.74, 6) is -0.599. The summed E-state index contributed by atoms with van der Waals surface area (Å²) in [5.41, 5.74) is 2.50. The summed E-state index contributed by atoms with van der Waals surface area (Å²) in [4.78, 5) is 70.0. The van der Waals surface area contributed by atoms with Crippen molar-refractivity contribution in [2.45, 2.75) is 51.4 Å². The first-order chi connectivity index (χ1) is 21.9. The minimum atomic E-state index is -0.254. The molecule has 1 aliphatic carbocycles. The molecule has 0 aliphatic heterocycles. The molecule has 0 unspecified atom stereocenters. The van der Waals surface area contributed by atoms with Crippen molar-refractivity contribution < 1.29 is 24.0 Å². The first-order valence-corrected chi connectivity index (χ1v) is 15.8. The van der Waals surface area contributed by atoms with Crippen LogP contribution in [0.15, 0.2) is 30.7 Å². The van der Waals surface area contributed by atoms with Crippen LogP contribution in [0.4, 0.5) is 5.69 Å². The Bertz CT molecular complexity index is 1570. The van der Waals surface area contributed by atoms with Crippen LogP contribution < -0.4 is 16.0 Å². The zero-order chi connectivity index (χ0) is 33.4. The van der Waals surface area contributed by atoms with Crippen LogP contribution in [0.3, 0.4) is 0 Å². The SMILES string of the molecule is CN(C)CCCNC(=O)c1cc(CC(=O)c2nc(CC(=O)c3cc(NC(=O)CCNC(=O)C4CCCC4)cn3C)cn2C)cn1C. The van der Waals surface area contributed by atoms with Crippen molar-refractivity contribution in [1.29, 1.82) is 0 Å². The molecule has 3 aromatic heterocycles. The van der Waals surface area contributed by atoms with Crippen molar-refractivity contribution in [2.24, 2.45) is 27.1 Å². The fraction of sp³-hybridized carbons (Fsp3) is 0.515. The second kappa shape index (κ2) is 15.7. The summed E-state index contributed by atoms with van der Waals surface area (Å²) < 4.78 is 4.95. The van der Waals surface area contributed by atoms with E-state index in [1.165, 1.54) is 0 Å². The van der Waals surface area contributed by atoms with Crippen molar-refractivity contribution in [3.8, 4) is 0 Å². The van der Waals surface area contributed by atoms with Crippen molar-refractivity contribution >= 4 is 35.0 Å². The van der Waals surface area contributed by atoms with Crippen LogP contribution in [0.5, 0.6) is 0 Å². The van der Waals surface area contributed by atoms with Gasteiger partial charge in [0.05, 0.1) is 23.5 Å². The van der Waals surface area contributed by atoms with Crippen LogP contribution in [-0.2, 0) is 43.6 Å². The Kier molecular flexibility index (Phi) is 11.7. The molecule has 13 nitrogen and oxygen atoms in total. The number of carbonyl (C=O) groups excluding carboxylic acids is 5. The number of ketones is 2. The molecule has 3 aromatic rings. The Morgan fingerprint density at radius 3 is 2.28 bits per heavy atom. The summed E-state index contributed by atoms with van der Waals surface area (Å²) in [6, 6.07) is 3.32. The average molecular weight is 635 g/mol. The molecular formula is C33H46N8O5. The highest BCUT2D eigenvalue weighted by Crippen LogP contribution is 2.24. The lowest BCUT2D eigenvalue weighted by Crippen LogP contribution is -2.31. The summed E-state index contributed by atoms with van der Waals surface area (Å²) >= 11 is 0. The van der Waals surface area contributed by atoms with E-state index >= 15 is 0 Å². The highest BCUT2D eigenvalue weighted by molar-refractivity contribution is 5.99. The quantitative estimate of drug-likeness (QED) is 0.161. The Morgan fingerprint density at radius 1 is 0.848 bits per heavy atom. The third kappa shape index (κ3) is 9.25. The van der Waals surface area contributed by atoms with E-state index in [2.05, 4.69) is 25.8 Å². The third-order valence-electron chi connectivity index (χ3n) is 8.20. The predicted molar refractivity (Wildman–Crippen MR) is 174 cm³/mol. The van der Waals surface area contributed by atoms with E-state index in [0.29, 0.717) is 34.9 Å². The van der Waals surface area contributed by atoms with E-state index in [1.54, 1.807) is 65.6 Å². The van der Waals surface area contributed by atoms with Gasteiger partial charge in [-0.2, -0.15) is 0 Å². The Balaban J connectivity index is 1.28. The summed E-state index contributed by atoms with van der Waals surface area (Å²) in [5, 5.41) is 8.55. The number of hydrogen-bond acceptors (Lipinski definition) is 7. The van der Waals surface area contributed by atoms with Gasteiger partial charge in [-0.05, 0) is 57.6 Å². The van der Waals surface area contributed by atoms with Crippen molar-refractivity contribution in [2.75, 3.05) is 39.0 Å². The molecule has 46 heavy (non-hydrogen) atoms. The fourth-order valence-corrected chi connectivity index (χ4v) is 5.80. The standard InChI is InChI=1S/C33H46N8O5/c1-38(2)14-8-12-34-33(46)27-15-22(19-39(27)3)16-29(43)31-37-25(21-41(31)5)18-28(42)26-17-24(20-40(26)4)36-30(44)11-13-35-32(45)23-9-6-7-10-23/h15,17,19-21,23H,6-14,16,18H2,1-5H3,(H,34,46)(H,35,45)(H,36,44). The molecule has 3 heterocycles. The van der Waals surface area contributed by atoms with Crippen molar-refractivity contribution in [3.63, 3.8) is 0 Å². The van der Waals surface area contributed by atoms with E-state index in [4.69, 9.17) is 0 Å². The number of carbonyl (C=O) groups is 5. The summed E-state index contributed by atoms with van der Waals surface area (Å²) in [7, 11) is 9.16. The van der Waals surface area contributed by atoms with E-state index in [1.807, 2.05) is 14.1 Å². The topological polar surface area (TPSA) is 152 Å². The van der Waals surface area contributed by atoms with Crippen LogP contribution in [0.1, 0.15) is 81.4 Å². The number of aryl methyl sites for hydroxylation is 3. The Labute approximate surface area is 269 Å². The second-order valence-corrected chi connectivity index (χ2v) is 12.4. The third-order valence-corrected chi connectivity index (χ3v) is 8.20. The lowest BCUT2D eigenvalue weighted by molar-refractivity contribution is -0.124. The number of imidazole rings is 1.